The molecule has 150 valence electrons. The summed E-state index contributed by atoms with van der Waals surface area (Å²) >= 11 is 0. The van der Waals surface area contributed by atoms with E-state index in [1.807, 2.05) is 30.3 Å². The van der Waals surface area contributed by atoms with Gasteiger partial charge in [-0.1, -0.05) is 30.3 Å². The lowest BCUT2D eigenvalue weighted by molar-refractivity contribution is -0.143. The van der Waals surface area contributed by atoms with Gasteiger partial charge in [0.1, 0.15) is 24.5 Å². The highest BCUT2D eigenvalue weighted by atomic mass is 16.5. The zero-order chi connectivity index (χ0) is 20.6. The summed E-state index contributed by atoms with van der Waals surface area (Å²) in [5.74, 6) is -0.0877. The SMILES string of the molecule is COc1ccc2c(COC(=O)CNC(=O)NCc3ccccc3)cc(=O)oc2c1. The number of esters is 1. The molecule has 1 heterocycles. The number of carbonyl (C=O) groups excluding carboxylic acids is 2. The maximum absolute atomic E-state index is 11.9. The summed E-state index contributed by atoms with van der Waals surface area (Å²) in [6.45, 7) is -0.0780. The predicted molar refractivity (Wildman–Crippen MR) is 106 cm³/mol. The molecule has 0 radical (unpaired) electrons. The Hall–Kier alpha value is -3.81. The maximum atomic E-state index is 11.9. The van der Waals surface area contributed by atoms with E-state index in [2.05, 4.69) is 10.6 Å². The van der Waals surface area contributed by atoms with Crippen LogP contribution in [0.15, 0.2) is 63.8 Å². The third-order valence-corrected chi connectivity index (χ3v) is 4.12. The van der Waals surface area contributed by atoms with Crippen LogP contribution in [0.5, 0.6) is 5.75 Å². The molecular formula is C21H20N2O6. The summed E-state index contributed by atoms with van der Waals surface area (Å²) in [7, 11) is 1.51. The fourth-order valence-corrected chi connectivity index (χ4v) is 2.66. The second-order valence-corrected chi connectivity index (χ2v) is 6.14. The van der Waals surface area contributed by atoms with Gasteiger partial charge in [0, 0.05) is 29.6 Å². The second-order valence-electron chi connectivity index (χ2n) is 6.14. The standard InChI is InChI=1S/C21H20N2O6/c1-27-16-7-8-17-15(9-19(24)29-18(17)10-16)13-28-20(25)12-23-21(26)22-11-14-5-3-2-4-6-14/h2-10H,11-13H2,1H3,(H2,22,23,26). The van der Waals surface area contributed by atoms with E-state index in [1.165, 1.54) is 13.2 Å². The molecule has 0 unspecified atom stereocenters. The van der Waals surface area contributed by atoms with E-state index in [0.717, 1.165) is 5.56 Å². The van der Waals surface area contributed by atoms with Crippen molar-refractivity contribution in [2.45, 2.75) is 13.2 Å². The van der Waals surface area contributed by atoms with Crippen molar-refractivity contribution in [2.24, 2.45) is 0 Å². The topological polar surface area (TPSA) is 107 Å². The van der Waals surface area contributed by atoms with Crippen LogP contribution in [0.3, 0.4) is 0 Å². The van der Waals surface area contributed by atoms with Gasteiger partial charge in [0.15, 0.2) is 0 Å². The van der Waals surface area contributed by atoms with Gasteiger partial charge in [0.05, 0.1) is 7.11 Å². The van der Waals surface area contributed by atoms with Crippen molar-refractivity contribution in [3.05, 3.63) is 76.1 Å². The van der Waals surface area contributed by atoms with Crippen molar-refractivity contribution < 1.29 is 23.5 Å². The molecule has 29 heavy (non-hydrogen) atoms. The minimum absolute atomic E-state index is 0.124. The lowest BCUT2D eigenvalue weighted by Crippen LogP contribution is -2.38. The highest BCUT2D eigenvalue weighted by Crippen LogP contribution is 2.22. The molecule has 3 aromatic rings. The Morgan fingerprint density at radius 1 is 1.03 bits per heavy atom. The molecular weight excluding hydrogens is 376 g/mol. The molecule has 0 aliphatic rings. The Bertz CT molecular complexity index is 1060. The molecule has 2 amide bonds. The molecule has 2 N–H and O–H groups in total. The van der Waals surface area contributed by atoms with Gasteiger partial charge in [-0.25, -0.2) is 9.59 Å². The van der Waals surface area contributed by atoms with Gasteiger partial charge in [-0.05, 0) is 17.7 Å². The van der Waals surface area contributed by atoms with E-state index in [4.69, 9.17) is 13.9 Å². The molecule has 2 aromatic carbocycles. The zero-order valence-electron chi connectivity index (χ0n) is 15.8. The second kappa shape index (κ2) is 9.41. The van der Waals surface area contributed by atoms with Crippen molar-refractivity contribution in [3.63, 3.8) is 0 Å². The van der Waals surface area contributed by atoms with Crippen LogP contribution in [-0.2, 0) is 22.7 Å². The minimum Gasteiger partial charge on any atom is -0.497 e. The lowest BCUT2D eigenvalue weighted by atomic mass is 10.1. The molecule has 0 fully saturated rings. The Kier molecular flexibility index (Phi) is 6.47. The first-order valence-corrected chi connectivity index (χ1v) is 8.87. The van der Waals surface area contributed by atoms with Crippen molar-refractivity contribution >= 4 is 23.0 Å². The van der Waals surface area contributed by atoms with Crippen LogP contribution in [0.2, 0.25) is 0 Å². The van der Waals surface area contributed by atoms with Gasteiger partial charge in [-0.15, -0.1) is 0 Å². The molecule has 0 aliphatic carbocycles. The van der Waals surface area contributed by atoms with Gasteiger partial charge < -0.3 is 24.5 Å². The first-order chi connectivity index (χ1) is 14.0. The fraction of sp³-hybridized carbons (Fsp3) is 0.190. The summed E-state index contributed by atoms with van der Waals surface area (Å²) < 4.78 is 15.4. The first kappa shape index (κ1) is 19.9. The first-order valence-electron chi connectivity index (χ1n) is 8.87. The third kappa shape index (κ3) is 5.58. The van der Waals surface area contributed by atoms with Crippen molar-refractivity contribution in [1.82, 2.24) is 10.6 Å². The Labute approximate surface area is 166 Å². The van der Waals surface area contributed by atoms with Crippen molar-refractivity contribution in [3.8, 4) is 5.75 Å². The van der Waals surface area contributed by atoms with Crippen molar-refractivity contribution in [2.75, 3.05) is 13.7 Å². The van der Waals surface area contributed by atoms with Gasteiger partial charge in [0.25, 0.3) is 0 Å². The molecule has 8 nitrogen and oxygen atoms in total. The molecule has 0 saturated carbocycles. The number of fused-ring (bicyclic) bond motifs is 1. The van der Waals surface area contributed by atoms with Crippen LogP contribution < -0.4 is 21.0 Å². The number of nitrogens with one attached hydrogen (secondary N) is 2. The summed E-state index contributed by atoms with van der Waals surface area (Å²) in [6, 6.07) is 15.2. The number of carbonyl (C=O) groups is 2. The van der Waals surface area contributed by atoms with Crippen molar-refractivity contribution in [1.29, 1.82) is 0 Å². The Balaban J connectivity index is 1.51. The van der Waals surface area contributed by atoms with E-state index in [0.29, 0.717) is 28.8 Å². The quantitative estimate of drug-likeness (QED) is 0.469. The molecule has 8 heteroatoms. The molecule has 0 saturated heterocycles. The monoisotopic (exact) mass is 396 g/mol. The van der Waals surface area contributed by atoms with Crippen LogP contribution in [0.25, 0.3) is 11.0 Å². The summed E-state index contributed by atoms with van der Waals surface area (Å²) in [5.41, 5.74) is 1.22. The zero-order valence-corrected chi connectivity index (χ0v) is 15.8. The van der Waals surface area contributed by atoms with Gasteiger partial charge in [-0.3, -0.25) is 4.79 Å². The number of hydrogen-bond donors (Lipinski definition) is 2. The third-order valence-electron chi connectivity index (χ3n) is 4.12. The summed E-state index contributed by atoms with van der Waals surface area (Å²) in [4.78, 5) is 35.4. The highest BCUT2D eigenvalue weighted by Gasteiger charge is 2.11. The largest absolute Gasteiger partial charge is 0.497 e. The number of amides is 2. The number of benzene rings is 2. The molecule has 0 bridgehead atoms. The lowest BCUT2D eigenvalue weighted by Gasteiger charge is -2.09. The summed E-state index contributed by atoms with van der Waals surface area (Å²) in [6.07, 6.45) is 0. The number of ether oxygens (including phenoxy) is 2. The number of hydrogen-bond acceptors (Lipinski definition) is 6. The molecule has 0 spiro atoms. The smallest absolute Gasteiger partial charge is 0.336 e. The Morgan fingerprint density at radius 2 is 1.83 bits per heavy atom. The molecule has 1 aromatic heterocycles. The van der Waals surface area contributed by atoms with Gasteiger partial charge in [-0.2, -0.15) is 0 Å². The van der Waals surface area contributed by atoms with Crippen LogP contribution in [-0.4, -0.2) is 25.7 Å². The van der Waals surface area contributed by atoms with Gasteiger partial charge >= 0.3 is 17.6 Å². The molecule has 0 atom stereocenters. The van der Waals surface area contributed by atoms with E-state index in [-0.39, 0.29) is 13.2 Å². The molecule has 3 rings (SSSR count). The minimum atomic E-state index is -0.630. The van der Waals surface area contributed by atoms with Gasteiger partial charge in [0.2, 0.25) is 0 Å². The average molecular weight is 396 g/mol. The van der Waals surface area contributed by atoms with E-state index in [1.54, 1.807) is 18.2 Å². The van der Waals surface area contributed by atoms with E-state index in [9.17, 15) is 14.4 Å². The number of rotatable bonds is 7. The highest BCUT2D eigenvalue weighted by molar-refractivity contribution is 5.83. The fourth-order valence-electron chi connectivity index (χ4n) is 2.66. The Morgan fingerprint density at radius 3 is 2.59 bits per heavy atom. The number of urea groups is 1. The predicted octanol–water partition coefficient (Wildman–Crippen LogP) is 2.34. The van der Waals surface area contributed by atoms with E-state index >= 15 is 0 Å². The van der Waals surface area contributed by atoms with Crippen LogP contribution >= 0.6 is 0 Å². The van der Waals surface area contributed by atoms with Crippen LogP contribution in [0, 0.1) is 0 Å². The normalized spacial score (nSPS) is 10.4. The molecule has 0 aliphatic heterocycles. The van der Waals surface area contributed by atoms with E-state index < -0.39 is 17.6 Å². The number of methoxy groups -OCH3 is 1. The average Bonchev–Trinajstić information content (AvgIpc) is 2.74. The summed E-state index contributed by atoms with van der Waals surface area (Å²) in [5, 5.41) is 5.71. The van der Waals surface area contributed by atoms with Crippen LogP contribution in [0.1, 0.15) is 11.1 Å². The maximum Gasteiger partial charge on any atom is 0.336 e. The van der Waals surface area contributed by atoms with Crippen LogP contribution in [0.4, 0.5) is 4.79 Å².